The highest BCUT2D eigenvalue weighted by Gasteiger charge is 2.45. The lowest BCUT2D eigenvalue weighted by atomic mass is 9.65. The fourth-order valence-corrected chi connectivity index (χ4v) is 3.49. The minimum atomic E-state index is -0.641. The minimum Gasteiger partial charge on any atom is -0.387 e. The van der Waals surface area contributed by atoms with E-state index >= 15 is 0 Å². The molecule has 0 aliphatic heterocycles. The SMILES string of the molecule is N#CC1(C(O)c2csc3ccccc23)CCC1. The summed E-state index contributed by atoms with van der Waals surface area (Å²) in [7, 11) is 0. The Balaban J connectivity index is 2.07. The van der Waals surface area contributed by atoms with Crippen molar-refractivity contribution in [1.29, 1.82) is 5.26 Å². The predicted molar refractivity (Wildman–Crippen MR) is 68.7 cm³/mol. The first-order chi connectivity index (χ1) is 8.27. The Morgan fingerprint density at radius 1 is 1.35 bits per heavy atom. The van der Waals surface area contributed by atoms with E-state index in [1.165, 1.54) is 4.70 Å². The molecular weight excluding hydrogens is 230 g/mol. The van der Waals surface area contributed by atoms with E-state index < -0.39 is 11.5 Å². The predicted octanol–water partition coefficient (Wildman–Crippen LogP) is 3.63. The van der Waals surface area contributed by atoms with Gasteiger partial charge < -0.3 is 5.11 Å². The number of hydrogen-bond donors (Lipinski definition) is 1. The van der Waals surface area contributed by atoms with Gasteiger partial charge in [-0.15, -0.1) is 11.3 Å². The Kier molecular flexibility index (Phi) is 2.43. The maximum absolute atomic E-state index is 10.5. The van der Waals surface area contributed by atoms with Gasteiger partial charge in [0.2, 0.25) is 0 Å². The third-order valence-corrected chi connectivity index (χ3v) is 4.78. The van der Waals surface area contributed by atoms with Crippen molar-refractivity contribution in [3.05, 3.63) is 35.2 Å². The van der Waals surface area contributed by atoms with Crippen LogP contribution in [-0.4, -0.2) is 5.11 Å². The normalized spacial score (nSPS) is 19.5. The molecule has 1 N–H and O–H groups in total. The molecule has 1 fully saturated rings. The maximum Gasteiger partial charge on any atom is 0.0990 e. The quantitative estimate of drug-likeness (QED) is 0.875. The first-order valence-electron chi connectivity index (χ1n) is 5.82. The monoisotopic (exact) mass is 243 g/mol. The molecule has 1 saturated carbocycles. The summed E-state index contributed by atoms with van der Waals surface area (Å²) in [5, 5.41) is 22.8. The lowest BCUT2D eigenvalue weighted by Gasteiger charge is -2.39. The van der Waals surface area contributed by atoms with E-state index in [1.54, 1.807) is 11.3 Å². The summed E-state index contributed by atoms with van der Waals surface area (Å²) < 4.78 is 1.17. The van der Waals surface area contributed by atoms with E-state index in [4.69, 9.17) is 0 Å². The molecule has 1 aromatic carbocycles. The molecule has 2 nitrogen and oxygen atoms in total. The van der Waals surface area contributed by atoms with Crippen molar-refractivity contribution in [1.82, 2.24) is 0 Å². The highest BCUT2D eigenvalue weighted by Crippen LogP contribution is 2.51. The van der Waals surface area contributed by atoms with Crippen LogP contribution in [0, 0.1) is 16.7 Å². The molecule has 3 heteroatoms. The van der Waals surface area contributed by atoms with Gasteiger partial charge in [0.05, 0.1) is 17.6 Å². The standard InChI is InChI=1S/C14H13NOS/c15-9-14(6-3-7-14)13(16)11-8-17-12-5-2-1-4-10(11)12/h1-2,4-5,8,13,16H,3,6-7H2. The van der Waals surface area contributed by atoms with E-state index in [2.05, 4.69) is 12.1 Å². The summed E-state index contributed by atoms with van der Waals surface area (Å²) in [5.74, 6) is 0. The molecule has 1 heterocycles. The summed E-state index contributed by atoms with van der Waals surface area (Å²) in [6, 6.07) is 10.4. The van der Waals surface area contributed by atoms with Gasteiger partial charge in [0, 0.05) is 10.3 Å². The summed E-state index contributed by atoms with van der Waals surface area (Å²) in [6.07, 6.45) is 2.04. The van der Waals surface area contributed by atoms with Crippen molar-refractivity contribution in [2.24, 2.45) is 5.41 Å². The van der Waals surface area contributed by atoms with Gasteiger partial charge in [-0.05, 0) is 29.7 Å². The number of fused-ring (bicyclic) bond motifs is 1. The number of aliphatic hydroxyl groups excluding tert-OH is 1. The zero-order valence-corrected chi connectivity index (χ0v) is 10.2. The fraction of sp³-hybridized carbons (Fsp3) is 0.357. The van der Waals surface area contributed by atoms with Crippen LogP contribution in [0.1, 0.15) is 30.9 Å². The van der Waals surface area contributed by atoms with Crippen molar-refractivity contribution < 1.29 is 5.11 Å². The molecule has 1 aliphatic carbocycles. The lowest BCUT2D eigenvalue weighted by molar-refractivity contribution is 0.00918. The second kappa shape index (κ2) is 3.83. The van der Waals surface area contributed by atoms with E-state index in [1.807, 2.05) is 23.6 Å². The molecule has 2 aromatic rings. The molecule has 0 saturated heterocycles. The van der Waals surface area contributed by atoms with Crippen LogP contribution in [0.3, 0.4) is 0 Å². The zero-order valence-electron chi connectivity index (χ0n) is 9.39. The first kappa shape index (κ1) is 10.8. The molecule has 1 atom stereocenters. The average Bonchev–Trinajstić information content (AvgIpc) is 2.71. The Morgan fingerprint density at radius 3 is 2.76 bits per heavy atom. The molecule has 3 rings (SSSR count). The van der Waals surface area contributed by atoms with Crippen LogP contribution < -0.4 is 0 Å². The molecule has 86 valence electrons. The Hall–Kier alpha value is -1.37. The lowest BCUT2D eigenvalue weighted by Crippen LogP contribution is -2.34. The van der Waals surface area contributed by atoms with Gasteiger partial charge in [0.15, 0.2) is 0 Å². The van der Waals surface area contributed by atoms with E-state index in [-0.39, 0.29) is 0 Å². The van der Waals surface area contributed by atoms with Gasteiger partial charge in [0.25, 0.3) is 0 Å². The van der Waals surface area contributed by atoms with E-state index in [0.717, 1.165) is 30.2 Å². The largest absolute Gasteiger partial charge is 0.387 e. The summed E-state index contributed by atoms with van der Waals surface area (Å²) in [4.78, 5) is 0. The highest BCUT2D eigenvalue weighted by molar-refractivity contribution is 7.17. The van der Waals surface area contributed by atoms with E-state index in [9.17, 15) is 10.4 Å². The average molecular weight is 243 g/mol. The second-order valence-electron chi connectivity index (χ2n) is 4.71. The Morgan fingerprint density at radius 2 is 2.12 bits per heavy atom. The fourth-order valence-electron chi connectivity index (χ4n) is 2.51. The number of thiophene rings is 1. The Bertz CT molecular complexity index is 592. The smallest absolute Gasteiger partial charge is 0.0990 e. The van der Waals surface area contributed by atoms with Gasteiger partial charge in [-0.2, -0.15) is 5.26 Å². The van der Waals surface area contributed by atoms with Crippen LogP contribution in [0.25, 0.3) is 10.1 Å². The van der Waals surface area contributed by atoms with Crippen LogP contribution >= 0.6 is 11.3 Å². The second-order valence-corrected chi connectivity index (χ2v) is 5.62. The van der Waals surface area contributed by atoms with Crippen LogP contribution in [0.2, 0.25) is 0 Å². The number of rotatable bonds is 2. The number of nitrogens with zero attached hydrogens (tertiary/aromatic N) is 1. The van der Waals surface area contributed by atoms with Crippen molar-refractivity contribution in [2.75, 3.05) is 0 Å². The zero-order chi connectivity index (χ0) is 11.9. The van der Waals surface area contributed by atoms with Crippen LogP contribution in [0.15, 0.2) is 29.6 Å². The molecule has 1 aromatic heterocycles. The van der Waals surface area contributed by atoms with Crippen molar-refractivity contribution in [2.45, 2.75) is 25.4 Å². The number of nitriles is 1. The van der Waals surface area contributed by atoms with E-state index in [0.29, 0.717) is 0 Å². The van der Waals surface area contributed by atoms with Gasteiger partial charge >= 0.3 is 0 Å². The van der Waals surface area contributed by atoms with Gasteiger partial charge in [-0.1, -0.05) is 24.6 Å². The number of benzene rings is 1. The molecule has 0 amide bonds. The molecule has 1 aliphatic rings. The van der Waals surface area contributed by atoms with Gasteiger partial charge in [-0.3, -0.25) is 0 Å². The number of aliphatic hydroxyl groups is 1. The van der Waals surface area contributed by atoms with Gasteiger partial charge in [0.1, 0.15) is 0 Å². The highest BCUT2D eigenvalue weighted by atomic mass is 32.1. The van der Waals surface area contributed by atoms with Crippen LogP contribution in [0.4, 0.5) is 0 Å². The topological polar surface area (TPSA) is 44.0 Å². The van der Waals surface area contributed by atoms with Crippen molar-refractivity contribution in [3.8, 4) is 6.07 Å². The summed E-state index contributed by atoms with van der Waals surface area (Å²) in [5.41, 5.74) is 0.385. The third-order valence-electron chi connectivity index (χ3n) is 3.80. The first-order valence-corrected chi connectivity index (χ1v) is 6.70. The van der Waals surface area contributed by atoms with Crippen LogP contribution in [-0.2, 0) is 0 Å². The molecule has 0 radical (unpaired) electrons. The molecule has 1 unspecified atom stereocenters. The molecule has 17 heavy (non-hydrogen) atoms. The van der Waals surface area contributed by atoms with Crippen molar-refractivity contribution >= 4 is 21.4 Å². The third kappa shape index (κ3) is 1.49. The summed E-state index contributed by atoms with van der Waals surface area (Å²) in [6.45, 7) is 0. The van der Waals surface area contributed by atoms with Crippen LogP contribution in [0.5, 0.6) is 0 Å². The number of hydrogen-bond acceptors (Lipinski definition) is 3. The summed E-state index contributed by atoms with van der Waals surface area (Å²) >= 11 is 1.63. The minimum absolute atomic E-state index is 0.538. The molecule has 0 spiro atoms. The van der Waals surface area contributed by atoms with Gasteiger partial charge in [-0.25, -0.2) is 0 Å². The molecular formula is C14H13NOS. The van der Waals surface area contributed by atoms with Crippen molar-refractivity contribution in [3.63, 3.8) is 0 Å². The Labute approximate surface area is 104 Å². The maximum atomic E-state index is 10.5. The molecule has 0 bridgehead atoms.